The van der Waals surface area contributed by atoms with Gasteiger partial charge < -0.3 is 9.15 Å². The van der Waals surface area contributed by atoms with E-state index in [1.54, 1.807) is 19.1 Å². The highest BCUT2D eigenvalue weighted by Gasteiger charge is 2.26. The van der Waals surface area contributed by atoms with Crippen molar-refractivity contribution in [1.82, 2.24) is 0 Å². The maximum Gasteiger partial charge on any atom is 0.374 e. The van der Waals surface area contributed by atoms with E-state index < -0.39 is 5.97 Å². The fourth-order valence-corrected chi connectivity index (χ4v) is 2.97. The maximum atomic E-state index is 11.5. The van der Waals surface area contributed by atoms with Crippen LogP contribution < -0.4 is 0 Å². The van der Waals surface area contributed by atoms with E-state index in [1.165, 1.54) is 24.0 Å². The van der Waals surface area contributed by atoms with Crippen LogP contribution >= 0.6 is 0 Å². The Labute approximate surface area is 138 Å². The molecule has 0 fully saturated rings. The second kappa shape index (κ2) is 7.37. The van der Waals surface area contributed by atoms with Crippen LogP contribution in [0.15, 0.2) is 39.8 Å². The fourth-order valence-electron chi connectivity index (χ4n) is 2.97. The predicted molar refractivity (Wildman–Crippen MR) is 91.0 cm³/mol. The summed E-state index contributed by atoms with van der Waals surface area (Å²) >= 11 is 0. The molecule has 0 unspecified atom stereocenters. The molecule has 1 aliphatic carbocycles. The molecule has 3 nitrogen and oxygen atoms in total. The maximum absolute atomic E-state index is 11.5. The second-order valence-corrected chi connectivity index (χ2v) is 6.42. The molecule has 1 aromatic heterocycles. The molecule has 0 radical (unpaired) electrons. The molecule has 23 heavy (non-hydrogen) atoms. The first-order valence-electron chi connectivity index (χ1n) is 8.09. The summed E-state index contributed by atoms with van der Waals surface area (Å²) in [7, 11) is 0. The zero-order valence-corrected chi connectivity index (χ0v) is 14.4. The highest BCUT2D eigenvalue weighted by molar-refractivity contribution is 5.86. The minimum atomic E-state index is -0.458. The van der Waals surface area contributed by atoms with Crippen LogP contribution in [0, 0.1) is 17.3 Å². The summed E-state index contributed by atoms with van der Waals surface area (Å²) < 4.78 is 10.2. The number of hydrogen-bond acceptors (Lipinski definition) is 3. The molecule has 1 aromatic rings. The van der Waals surface area contributed by atoms with Crippen LogP contribution in [-0.2, 0) is 4.74 Å². The van der Waals surface area contributed by atoms with E-state index >= 15 is 0 Å². The number of carbonyl (C=O) groups is 1. The van der Waals surface area contributed by atoms with Crippen LogP contribution in [0.1, 0.15) is 63.3 Å². The highest BCUT2D eigenvalue weighted by Crippen LogP contribution is 2.40. The third-order valence-electron chi connectivity index (χ3n) is 4.15. The molecule has 3 heteroatoms. The van der Waals surface area contributed by atoms with Gasteiger partial charge in [-0.15, -0.1) is 0 Å². The van der Waals surface area contributed by atoms with Crippen molar-refractivity contribution in [3.8, 4) is 11.8 Å². The molecule has 0 aliphatic heterocycles. The number of ether oxygens (including phenoxy) is 1. The summed E-state index contributed by atoms with van der Waals surface area (Å²) in [5, 5.41) is 0. The van der Waals surface area contributed by atoms with Gasteiger partial charge in [-0.2, -0.15) is 0 Å². The summed E-state index contributed by atoms with van der Waals surface area (Å²) in [4.78, 5) is 11.5. The molecule has 0 N–H and O–H groups in total. The van der Waals surface area contributed by atoms with Crippen LogP contribution in [0.25, 0.3) is 0 Å². The number of allylic oxidation sites excluding steroid dienone is 4. The third kappa shape index (κ3) is 4.39. The summed E-state index contributed by atoms with van der Waals surface area (Å²) in [5.74, 6) is 6.08. The molecule has 2 rings (SSSR count). The lowest BCUT2D eigenvalue weighted by Crippen LogP contribution is -2.18. The SMILES string of the molecule is CCOC(=O)c1ccc(C#C/C=C/C2=C(C)CCCC2(C)C)o1. The van der Waals surface area contributed by atoms with Crippen LogP contribution in [0.4, 0.5) is 0 Å². The molecule has 0 aromatic carbocycles. The smallest absolute Gasteiger partial charge is 0.374 e. The number of furan rings is 1. The van der Waals surface area contributed by atoms with Gasteiger partial charge in [0.2, 0.25) is 5.76 Å². The Balaban J connectivity index is 2.07. The summed E-state index contributed by atoms with van der Waals surface area (Å²) in [6, 6.07) is 3.27. The van der Waals surface area contributed by atoms with Crippen molar-refractivity contribution in [2.24, 2.45) is 5.41 Å². The topological polar surface area (TPSA) is 39.4 Å². The van der Waals surface area contributed by atoms with Crippen molar-refractivity contribution >= 4 is 5.97 Å². The number of hydrogen-bond donors (Lipinski definition) is 0. The van der Waals surface area contributed by atoms with Crippen LogP contribution in [-0.4, -0.2) is 12.6 Å². The summed E-state index contributed by atoms with van der Waals surface area (Å²) in [5.41, 5.74) is 3.04. The van der Waals surface area contributed by atoms with Gasteiger partial charge in [-0.25, -0.2) is 4.79 Å². The first-order valence-corrected chi connectivity index (χ1v) is 8.09. The molecule has 1 heterocycles. The van der Waals surface area contributed by atoms with Gasteiger partial charge >= 0.3 is 5.97 Å². The van der Waals surface area contributed by atoms with Crippen molar-refractivity contribution in [2.45, 2.75) is 47.0 Å². The molecule has 0 spiro atoms. The van der Waals surface area contributed by atoms with Gasteiger partial charge in [0.1, 0.15) is 0 Å². The van der Waals surface area contributed by atoms with E-state index in [0.717, 1.165) is 6.42 Å². The normalized spacial score (nSPS) is 17.0. The molecule has 0 saturated carbocycles. The molecule has 0 amide bonds. The largest absolute Gasteiger partial charge is 0.460 e. The first kappa shape index (κ1) is 17.1. The van der Waals surface area contributed by atoms with Crippen molar-refractivity contribution < 1.29 is 13.9 Å². The van der Waals surface area contributed by atoms with Crippen molar-refractivity contribution in [3.05, 3.63) is 47.0 Å². The minimum absolute atomic E-state index is 0.187. The molecule has 0 atom stereocenters. The average Bonchev–Trinajstić information content (AvgIpc) is 2.94. The van der Waals surface area contributed by atoms with Crippen LogP contribution in [0.2, 0.25) is 0 Å². The molecule has 0 bridgehead atoms. The van der Waals surface area contributed by atoms with E-state index in [4.69, 9.17) is 9.15 Å². The molecule has 0 saturated heterocycles. The van der Waals surface area contributed by atoms with Gasteiger partial charge in [0, 0.05) is 0 Å². The lowest BCUT2D eigenvalue weighted by Gasteiger charge is -2.32. The molecular weight excluding hydrogens is 288 g/mol. The van der Waals surface area contributed by atoms with Gasteiger partial charge in [-0.05, 0) is 68.2 Å². The Bertz CT molecular complexity index is 690. The zero-order chi connectivity index (χ0) is 16.9. The van der Waals surface area contributed by atoms with Gasteiger partial charge in [-0.3, -0.25) is 0 Å². The van der Waals surface area contributed by atoms with Crippen LogP contribution in [0.3, 0.4) is 0 Å². The monoisotopic (exact) mass is 312 g/mol. The Kier molecular flexibility index (Phi) is 5.50. The summed E-state index contributed by atoms with van der Waals surface area (Å²) in [6.45, 7) is 8.84. The molecule has 122 valence electrons. The van der Waals surface area contributed by atoms with E-state index in [0.29, 0.717) is 12.4 Å². The van der Waals surface area contributed by atoms with Gasteiger partial charge in [0.15, 0.2) is 5.76 Å². The summed E-state index contributed by atoms with van der Waals surface area (Å²) in [6.07, 6.45) is 7.59. The Morgan fingerprint density at radius 3 is 2.91 bits per heavy atom. The predicted octanol–water partition coefficient (Wildman–Crippen LogP) is 4.89. The van der Waals surface area contributed by atoms with Crippen molar-refractivity contribution in [2.75, 3.05) is 6.61 Å². The lowest BCUT2D eigenvalue weighted by atomic mass is 9.73. The average molecular weight is 312 g/mol. The highest BCUT2D eigenvalue weighted by atomic mass is 16.5. The zero-order valence-electron chi connectivity index (χ0n) is 14.4. The quantitative estimate of drug-likeness (QED) is 0.589. The lowest BCUT2D eigenvalue weighted by molar-refractivity contribution is 0.0489. The first-order chi connectivity index (χ1) is 10.9. The van der Waals surface area contributed by atoms with Crippen molar-refractivity contribution in [3.63, 3.8) is 0 Å². The van der Waals surface area contributed by atoms with Crippen molar-refractivity contribution in [1.29, 1.82) is 0 Å². The Morgan fingerprint density at radius 2 is 2.22 bits per heavy atom. The van der Waals surface area contributed by atoms with Gasteiger partial charge in [0.25, 0.3) is 0 Å². The van der Waals surface area contributed by atoms with E-state index in [1.807, 2.05) is 6.08 Å². The number of carbonyl (C=O) groups excluding carboxylic acids is 1. The second-order valence-electron chi connectivity index (χ2n) is 6.42. The minimum Gasteiger partial charge on any atom is -0.460 e. The molecule has 1 aliphatic rings. The Hall–Kier alpha value is -2.21. The van der Waals surface area contributed by atoms with Gasteiger partial charge in [0.05, 0.1) is 6.61 Å². The van der Waals surface area contributed by atoms with E-state index in [2.05, 4.69) is 38.7 Å². The Morgan fingerprint density at radius 1 is 1.43 bits per heavy atom. The standard InChI is InChI=1S/C20H24O3/c1-5-22-19(21)18-13-12-16(23-18)10-6-7-11-17-15(2)9-8-14-20(17,3)4/h7,11-13H,5,8-9,14H2,1-4H3/b11-7+. The van der Waals surface area contributed by atoms with Crippen LogP contribution in [0.5, 0.6) is 0 Å². The van der Waals surface area contributed by atoms with Gasteiger partial charge in [-0.1, -0.05) is 31.4 Å². The number of rotatable bonds is 3. The third-order valence-corrected chi connectivity index (χ3v) is 4.15. The number of esters is 1. The van der Waals surface area contributed by atoms with E-state index in [-0.39, 0.29) is 11.2 Å². The van der Waals surface area contributed by atoms with E-state index in [9.17, 15) is 4.79 Å². The molecular formula is C20H24O3. The fraction of sp³-hybridized carbons (Fsp3) is 0.450.